The van der Waals surface area contributed by atoms with Crippen LogP contribution in [0.1, 0.15) is 16.1 Å². The molecule has 1 N–H and O–H groups in total. The average molecular weight is 386 g/mol. The molecular formula is C21H18N6O2. The zero-order valence-electron chi connectivity index (χ0n) is 15.7. The molecule has 4 aromatic rings. The minimum Gasteiger partial charge on any atom is -0.439 e. The minimum atomic E-state index is -0.237. The third kappa shape index (κ3) is 4.44. The summed E-state index contributed by atoms with van der Waals surface area (Å²) in [5, 5.41) is 7.05. The average Bonchev–Trinajstić information content (AvgIpc) is 3.19. The first-order chi connectivity index (χ1) is 14.2. The second-order valence-electron chi connectivity index (χ2n) is 6.23. The summed E-state index contributed by atoms with van der Waals surface area (Å²) in [6, 6.07) is 12.3. The third-order valence-corrected chi connectivity index (χ3v) is 4.13. The van der Waals surface area contributed by atoms with Gasteiger partial charge in [-0.2, -0.15) is 5.10 Å². The van der Waals surface area contributed by atoms with E-state index in [-0.39, 0.29) is 12.5 Å². The molecule has 1 aromatic carbocycles. The lowest BCUT2D eigenvalue weighted by atomic mass is 10.1. The van der Waals surface area contributed by atoms with Crippen molar-refractivity contribution in [3.63, 3.8) is 0 Å². The Balaban J connectivity index is 1.46. The van der Waals surface area contributed by atoms with Crippen LogP contribution in [-0.4, -0.2) is 30.6 Å². The monoisotopic (exact) mass is 386 g/mol. The Hall–Kier alpha value is -4.07. The summed E-state index contributed by atoms with van der Waals surface area (Å²) in [7, 11) is 1.83. The Bertz CT molecular complexity index is 1130. The van der Waals surface area contributed by atoms with Gasteiger partial charge in [0.05, 0.1) is 24.1 Å². The summed E-state index contributed by atoms with van der Waals surface area (Å²) in [5.41, 5.74) is 2.67. The number of pyridine rings is 1. The van der Waals surface area contributed by atoms with Crippen molar-refractivity contribution in [3.05, 3.63) is 84.7 Å². The van der Waals surface area contributed by atoms with Crippen LogP contribution >= 0.6 is 0 Å². The first kappa shape index (κ1) is 18.3. The molecule has 29 heavy (non-hydrogen) atoms. The van der Waals surface area contributed by atoms with Crippen LogP contribution < -0.4 is 10.1 Å². The number of ether oxygens (including phenoxy) is 1. The fourth-order valence-electron chi connectivity index (χ4n) is 2.78. The summed E-state index contributed by atoms with van der Waals surface area (Å²) < 4.78 is 7.38. The fourth-order valence-corrected chi connectivity index (χ4v) is 2.78. The first-order valence-electron chi connectivity index (χ1n) is 8.95. The normalized spacial score (nSPS) is 10.5. The van der Waals surface area contributed by atoms with Gasteiger partial charge in [0.1, 0.15) is 5.75 Å². The number of aromatic nitrogens is 5. The molecule has 0 aliphatic rings. The molecule has 0 unspecified atom stereocenters. The molecule has 0 radical (unpaired) electrons. The lowest BCUT2D eigenvalue weighted by Gasteiger charge is -2.09. The number of nitrogens with one attached hydrogen (secondary N) is 1. The molecule has 3 heterocycles. The zero-order valence-corrected chi connectivity index (χ0v) is 15.7. The smallest absolute Gasteiger partial charge is 0.251 e. The molecule has 144 valence electrons. The quantitative estimate of drug-likeness (QED) is 0.547. The molecule has 0 saturated heterocycles. The predicted molar refractivity (Wildman–Crippen MR) is 106 cm³/mol. The number of hydrogen-bond acceptors (Lipinski definition) is 6. The molecule has 0 fully saturated rings. The third-order valence-electron chi connectivity index (χ3n) is 4.13. The highest BCUT2D eigenvalue weighted by molar-refractivity contribution is 5.94. The highest BCUT2D eigenvalue weighted by Gasteiger charge is 2.12. The highest BCUT2D eigenvalue weighted by Crippen LogP contribution is 2.21. The number of aryl methyl sites for hydroxylation is 1. The molecule has 0 saturated carbocycles. The summed E-state index contributed by atoms with van der Waals surface area (Å²) >= 11 is 0. The number of carbonyl (C=O) groups excluding carboxylic acids is 1. The lowest BCUT2D eigenvalue weighted by Crippen LogP contribution is -2.23. The molecule has 8 nitrogen and oxygen atoms in total. The molecule has 8 heteroatoms. The Morgan fingerprint density at radius 3 is 2.76 bits per heavy atom. The van der Waals surface area contributed by atoms with Gasteiger partial charge in [0.2, 0.25) is 5.88 Å². The molecule has 1 amide bonds. The van der Waals surface area contributed by atoms with Crippen LogP contribution in [0.2, 0.25) is 0 Å². The van der Waals surface area contributed by atoms with Crippen molar-refractivity contribution in [1.82, 2.24) is 30.0 Å². The maximum Gasteiger partial charge on any atom is 0.251 e. The number of rotatable bonds is 6. The molecular weight excluding hydrogens is 368 g/mol. The van der Waals surface area contributed by atoms with E-state index in [9.17, 15) is 4.79 Å². The van der Waals surface area contributed by atoms with Crippen molar-refractivity contribution in [1.29, 1.82) is 0 Å². The molecule has 3 aromatic heterocycles. The zero-order chi connectivity index (χ0) is 20.1. The van der Waals surface area contributed by atoms with Crippen LogP contribution in [0.4, 0.5) is 0 Å². The Labute approximate surface area is 167 Å². The van der Waals surface area contributed by atoms with E-state index < -0.39 is 0 Å². The molecule has 4 rings (SSSR count). The first-order valence-corrected chi connectivity index (χ1v) is 8.95. The van der Waals surface area contributed by atoms with Gasteiger partial charge in [-0.3, -0.25) is 19.4 Å². The van der Waals surface area contributed by atoms with Gasteiger partial charge in [-0.05, 0) is 24.3 Å². The number of carbonyl (C=O) groups is 1. The lowest BCUT2D eigenvalue weighted by molar-refractivity contribution is 0.0950. The summed E-state index contributed by atoms with van der Waals surface area (Å²) in [4.78, 5) is 25.5. The number of nitrogens with zero attached hydrogens (tertiary/aromatic N) is 5. The van der Waals surface area contributed by atoms with Crippen LogP contribution in [0.3, 0.4) is 0 Å². The minimum absolute atomic E-state index is 0.237. The van der Waals surface area contributed by atoms with E-state index >= 15 is 0 Å². The maximum atomic E-state index is 12.6. The summed E-state index contributed by atoms with van der Waals surface area (Å²) in [6.45, 7) is 0.238. The Morgan fingerprint density at radius 1 is 1.07 bits per heavy atom. The van der Waals surface area contributed by atoms with Crippen molar-refractivity contribution in [3.8, 4) is 22.9 Å². The Kier molecular flexibility index (Phi) is 5.24. The van der Waals surface area contributed by atoms with Crippen LogP contribution in [0, 0.1) is 0 Å². The van der Waals surface area contributed by atoms with E-state index in [0.717, 1.165) is 5.56 Å². The number of benzene rings is 1. The Morgan fingerprint density at radius 2 is 1.97 bits per heavy atom. The van der Waals surface area contributed by atoms with Crippen LogP contribution in [0.25, 0.3) is 11.3 Å². The van der Waals surface area contributed by atoms with Crippen molar-refractivity contribution >= 4 is 5.91 Å². The van der Waals surface area contributed by atoms with Gasteiger partial charge in [-0.15, -0.1) is 0 Å². The SMILES string of the molecule is Cn1cc(-c2nccnc2CNC(=O)c2cccc(Oc3ccccn3)c2)cn1. The van der Waals surface area contributed by atoms with Gasteiger partial charge in [-0.25, -0.2) is 4.98 Å². The van der Waals surface area contributed by atoms with E-state index in [4.69, 9.17) is 4.74 Å². The second kappa shape index (κ2) is 8.30. The largest absolute Gasteiger partial charge is 0.439 e. The molecule has 0 aliphatic heterocycles. The van der Waals surface area contributed by atoms with E-state index in [1.807, 2.05) is 25.4 Å². The van der Waals surface area contributed by atoms with Crippen LogP contribution in [-0.2, 0) is 13.6 Å². The van der Waals surface area contributed by atoms with Gasteiger partial charge in [0.15, 0.2) is 0 Å². The van der Waals surface area contributed by atoms with Crippen molar-refractivity contribution in [2.75, 3.05) is 0 Å². The van der Waals surface area contributed by atoms with E-state index in [1.165, 1.54) is 0 Å². The van der Waals surface area contributed by atoms with Crippen molar-refractivity contribution < 1.29 is 9.53 Å². The maximum absolute atomic E-state index is 12.6. The van der Waals surface area contributed by atoms with E-state index in [1.54, 1.807) is 59.8 Å². The molecule has 0 bridgehead atoms. The van der Waals surface area contributed by atoms with E-state index in [2.05, 4.69) is 25.4 Å². The van der Waals surface area contributed by atoms with Gasteiger partial charge < -0.3 is 10.1 Å². The van der Waals surface area contributed by atoms with Gasteiger partial charge in [-0.1, -0.05) is 12.1 Å². The van der Waals surface area contributed by atoms with Crippen molar-refractivity contribution in [2.45, 2.75) is 6.54 Å². The predicted octanol–water partition coefficient (Wildman–Crippen LogP) is 2.99. The topological polar surface area (TPSA) is 94.8 Å². The molecule has 0 atom stereocenters. The molecule has 0 spiro atoms. The standard InChI is InChI=1S/C21H18N6O2/c1-27-14-16(12-26-27)20-18(22-9-10-24-20)13-25-21(28)15-5-4-6-17(11-15)29-19-7-2-3-8-23-19/h2-12,14H,13H2,1H3,(H,25,28). The highest BCUT2D eigenvalue weighted by atomic mass is 16.5. The van der Waals surface area contributed by atoms with Gasteiger partial charge in [0.25, 0.3) is 5.91 Å². The van der Waals surface area contributed by atoms with Gasteiger partial charge >= 0.3 is 0 Å². The fraction of sp³-hybridized carbons (Fsp3) is 0.0952. The summed E-state index contributed by atoms with van der Waals surface area (Å²) in [6.07, 6.45) is 8.43. The number of hydrogen-bond donors (Lipinski definition) is 1. The summed E-state index contributed by atoms with van der Waals surface area (Å²) in [5.74, 6) is 0.761. The van der Waals surface area contributed by atoms with Crippen LogP contribution in [0.5, 0.6) is 11.6 Å². The van der Waals surface area contributed by atoms with E-state index in [0.29, 0.717) is 28.6 Å². The number of amides is 1. The second-order valence-corrected chi connectivity index (χ2v) is 6.23. The van der Waals surface area contributed by atoms with Gasteiger partial charge in [0, 0.05) is 49.0 Å². The van der Waals surface area contributed by atoms with Crippen molar-refractivity contribution in [2.24, 2.45) is 7.05 Å². The van der Waals surface area contributed by atoms with Crippen LogP contribution in [0.15, 0.2) is 73.4 Å². The molecule has 0 aliphatic carbocycles.